The molecule has 0 radical (unpaired) electrons. The molecule has 1 aliphatic rings. The van der Waals surface area contributed by atoms with Gasteiger partial charge in [-0.25, -0.2) is 0 Å². The van der Waals surface area contributed by atoms with Gasteiger partial charge in [-0.3, -0.25) is 4.79 Å². The Kier molecular flexibility index (Phi) is 7.26. The number of benzene rings is 1. The summed E-state index contributed by atoms with van der Waals surface area (Å²) in [6.45, 7) is 4.14. The summed E-state index contributed by atoms with van der Waals surface area (Å²) >= 11 is 1.73. The molecular formula is C21H29N3O2S. The highest BCUT2D eigenvalue weighted by Crippen LogP contribution is 2.28. The van der Waals surface area contributed by atoms with E-state index in [1.54, 1.807) is 11.3 Å². The van der Waals surface area contributed by atoms with Gasteiger partial charge >= 0.3 is 0 Å². The molecule has 1 aliphatic heterocycles. The molecular weight excluding hydrogens is 358 g/mol. The maximum absolute atomic E-state index is 12.3. The quantitative estimate of drug-likeness (QED) is 0.756. The summed E-state index contributed by atoms with van der Waals surface area (Å²) in [7, 11) is 4.03. The SMILES string of the molecule is CNCCC(Oc1ccc(CN2CCN(C)CCC2=O)cc1)c1cccs1. The van der Waals surface area contributed by atoms with Crippen molar-refractivity contribution in [2.75, 3.05) is 40.3 Å². The summed E-state index contributed by atoms with van der Waals surface area (Å²) in [5.74, 6) is 1.11. The zero-order valence-electron chi connectivity index (χ0n) is 16.2. The fourth-order valence-electron chi connectivity index (χ4n) is 3.21. The first-order chi connectivity index (χ1) is 13.2. The standard InChI is InChI=1S/C21H29N3O2S/c1-22-11-9-19(20-4-3-15-27-20)26-18-7-5-17(6-8-18)16-24-14-13-23(2)12-10-21(24)25/h3-8,15,19,22H,9-14,16H2,1-2H3. The third-order valence-corrected chi connectivity index (χ3v) is 5.87. The lowest BCUT2D eigenvalue weighted by atomic mass is 10.2. The number of likely N-dealkylation sites (N-methyl/N-ethyl adjacent to an activating group) is 1. The highest BCUT2D eigenvalue weighted by atomic mass is 32.1. The molecule has 1 aromatic carbocycles. The van der Waals surface area contributed by atoms with Crippen molar-refractivity contribution in [1.29, 1.82) is 0 Å². The number of nitrogens with zero attached hydrogens (tertiary/aromatic N) is 2. The molecule has 1 N–H and O–H groups in total. The summed E-state index contributed by atoms with van der Waals surface area (Å²) < 4.78 is 6.24. The molecule has 0 bridgehead atoms. The van der Waals surface area contributed by atoms with Gasteiger partial charge in [-0.2, -0.15) is 0 Å². The van der Waals surface area contributed by atoms with E-state index in [-0.39, 0.29) is 12.0 Å². The number of amides is 1. The molecule has 146 valence electrons. The van der Waals surface area contributed by atoms with Crippen molar-refractivity contribution >= 4 is 17.2 Å². The first-order valence-corrected chi connectivity index (χ1v) is 10.4. The van der Waals surface area contributed by atoms with Crippen LogP contribution >= 0.6 is 11.3 Å². The van der Waals surface area contributed by atoms with E-state index in [0.717, 1.165) is 43.9 Å². The van der Waals surface area contributed by atoms with E-state index in [4.69, 9.17) is 4.74 Å². The minimum atomic E-state index is 0.0611. The molecule has 1 atom stereocenters. The predicted molar refractivity (Wildman–Crippen MR) is 110 cm³/mol. The van der Waals surface area contributed by atoms with Crippen molar-refractivity contribution in [2.45, 2.75) is 25.5 Å². The van der Waals surface area contributed by atoms with E-state index in [2.05, 4.69) is 46.9 Å². The fraction of sp³-hybridized carbons (Fsp3) is 0.476. The van der Waals surface area contributed by atoms with Crippen LogP contribution < -0.4 is 10.1 Å². The zero-order valence-corrected chi connectivity index (χ0v) is 17.0. The van der Waals surface area contributed by atoms with Crippen molar-refractivity contribution in [3.63, 3.8) is 0 Å². The third kappa shape index (κ3) is 5.79. The second-order valence-electron chi connectivity index (χ2n) is 7.03. The molecule has 0 aliphatic carbocycles. The average molecular weight is 388 g/mol. The number of carbonyl (C=O) groups is 1. The van der Waals surface area contributed by atoms with Gasteiger partial charge in [-0.1, -0.05) is 18.2 Å². The predicted octanol–water partition coefficient (Wildman–Crippen LogP) is 3.14. The van der Waals surface area contributed by atoms with Crippen molar-refractivity contribution < 1.29 is 9.53 Å². The first kappa shape index (κ1) is 19.9. The summed E-state index contributed by atoms with van der Waals surface area (Å²) in [6, 6.07) is 12.4. The Balaban J connectivity index is 1.61. The molecule has 27 heavy (non-hydrogen) atoms. The van der Waals surface area contributed by atoms with Crippen molar-refractivity contribution in [3.05, 3.63) is 52.2 Å². The van der Waals surface area contributed by atoms with Crippen molar-refractivity contribution in [1.82, 2.24) is 15.1 Å². The van der Waals surface area contributed by atoms with E-state index in [1.807, 2.05) is 24.1 Å². The van der Waals surface area contributed by atoms with Gasteiger partial charge in [0, 0.05) is 43.9 Å². The molecule has 0 spiro atoms. The van der Waals surface area contributed by atoms with Gasteiger partial charge in [0.25, 0.3) is 0 Å². The minimum Gasteiger partial charge on any atom is -0.485 e. The van der Waals surface area contributed by atoms with Crippen LogP contribution in [0.2, 0.25) is 0 Å². The van der Waals surface area contributed by atoms with Gasteiger partial charge in [0.2, 0.25) is 5.91 Å². The Bertz CT molecular complexity index is 703. The average Bonchev–Trinajstić information content (AvgIpc) is 3.17. The molecule has 6 heteroatoms. The number of rotatable bonds is 8. The molecule has 1 unspecified atom stereocenters. The number of ether oxygens (including phenoxy) is 1. The largest absolute Gasteiger partial charge is 0.485 e. The molecule has 1 aromatic heterocycles. The third-order valence-electron chi connectivity index (χ3n) is 4.90. The van der Waals surface area contributed by atoms with Crippen LogP contribution in [0.1, 0.15) is 29.4 Å². The topological polar surface area (TPSA) is 44.8 Å². The van der Waals surface area contributed by atoms with Crippen LogP contribution in [-0.4, -0.2) is 56.0 Å². The van der Waals surface area contributed by atoms with Crippen molar-refractivity contribution in [2.24, 2.45) is 0 Å². The summed E-state index contributed by atoms with van der Waals surface area (Å²) in [5.41, 5.74) is 1.14. The summed E-state index contributed by atoms with van der Waals surface area (Å²) in [6.07, 6.45) is 1.59. The first-order valence-electron chi connectivity index (χ1n) is 9.55. The lowest BCUT2D eigenvalue weighted by Gasteiger charge is -2.21. The van der Waals surface area contributed by atoms with Crippen LogP contribution in [-0.2, 0) is 11.3 Å². The Morgan fingerprint density at radius 2 is 2.00 bits per heavy atom. The van der Waals surface area contributed by atoms with Gasteiger partial charge in [-0.05, 0) is 49.8 Å². The molecule has 3 rings (SSSR count). The Morgan fingerprint density at radius 3 is 2.70 bits per heavy atom. The Labute approximate surface area is 165 Å². The Hall–Kier alpha value is -1.89. The molecule has 2 aromatic rings. The van der Waals surface area contributed by atoms with Crippen LogP contribution in [0.15, 0.2) is 41.8 Å². The van der Waals surface area contributed by atoms with Crippen LogP contribution in [0.5, 0.6) is 5.75 Å². The normalized spacial score (nSPS) is 17.0. The lowest BCUT2D eigenvalue weighted by molar-refractivity contribution is -0.130. The second-order valence-corrected chi connectivity index (χ2v) is 8.01. The lowest BCUT2D eigenvalue weighted by Crippen LogP contribution is -2.32. The number of hydrogen-bond acceptors (Lipinski definition) is 5. The van der Waals surface area contributed by atoms with Gasteiger partial charge < -0.3 is 19.9 Å². The summed E-state index contributed by atoms with van der Waals surface area (Å²) in [5, 5.41) is 5.28. The van der Waals surface area contributed by atoms with E-state index >= 15 is 0 Å². The van der Waals surface area contributed by atoms with Crippen LogP contribution in [0.4, 0.5) is 0 Å². The Morgan fingerprint density at radius 1 is 1.19 bits per heavy atom. The number of carbonyl (C=O) groups excluding carboxylic acids is 1. The highest BCUT2D eigenvalue weighted by Gasteiger charge is 2.19. The number of hydrogen-bond donors (Lipinski definition) is 1. The van der Waals surface area contributed by atoms with E-state index in [9.17, 15) is 4.79 Å². The summed E-state index contributed by atoms with van der Waals surface area (Å²) in [4.78, 5) is 17.7. The smallest absolute Gasteiger partial charge is 0.224 e. The van der Waals surface area contributed by atoms with E-state index < -0.39 is 0 Å². The monoisotopic (exact) mass is 387 g/mol. The maximum atomic E-state index is 12.3. The zero-order chi connectivity index (χ0) is 19.1. The van der Waals surface area contributed by atoms with Crippen LogP contribution in [0, 0.1) is 0 Å². The van der Waals surface area contributed by atoms with Gasteiger partial charge in [-0.15, -0.1) is 11.3 Å². The van der Waals surface area contributed by atoms with Gasteiger partial charge in [0.05, 0.1) is 0 Å². The van der Waals surface area contributed by atoms with Crippen LogP contribution in [0.3, 0.4) is 0 Å². The molecule has 1 saturated heterocycles. The van der Waals surface area contributed by atoms with E-state index in [1.165, 1.54) is 4.88 Å². The minimum absolute atomic E-state index is 0.0611. The van der Waals surface area contributed by atoms with E-state index in [0.29, 0.717) is 13.0 Å². The second kappa shape index (κ2) is 9.88. The maximum Gasteiger partial charge on any atom is 0.224 e. The van der Waals surface area contributed by atoms with Crippen molar-refractivity contribution in [3.8, 4) is 5.75 Å². The fourth-order valence-corrected chi connectivity index (χ4v) is 4.00. The highest BCUT2D eigenvalue weighted by molar-refractivity contribution is 7.10. The van der Waals surface area contributed by atoms with Gasteiger partial charge in [0.15, 0.2) is 0 Å². The number of thiophene rings is 1. The molecule has 1 amide bonds. The van der Waals surface area contributed by atoms with Crippen LogP contribution in [0.25, 0.3) is 0 Å². The number of nitrogens with one attached hydrogen (secondary N) is 1. The molecule has 1 fully saturated rings. The molecule has 0 saturated carbocycles. The molecule has 2 heterocycles. The van der Waals surface area contributed by atoms with Gasteiger partial charge in [0.1, 0.15) is 11.9 Å². The molecule has 5 nitrogen and oxygen atoms in total.